The summed E-state index contributed by atoms with van der Waals surface area (Å²) in [6.45, 7) is 6.55. The molecular formula is C19H18N4O2. The Labute approximate surface area is 145 Å². The minimum atomic E-state index is 0.432. The van der Waals surface area contributed by atoms with Gasteiger partial charge in [0.25, 0.3) is 5.88 Å². The van der Waals surface area contributed by atoms with E-state index in [0.717, 1.165) is 28.2 Å². The molecule has 6 nitrogen and oxygen atoms in total. The SMILES string of the molecule is CCOc1ccc(Oc2nc3ccc(C)cc3n3c(C)nnc23)cc1. The van der Waals surface area contributed by atoms with E-state index in [0.29, 0.717) is 23.9 Å². The summed E-state index contributed by atoms with van der Waals surface area (Å²) in [5.74, 6) is 2.70. The van der Waals surface area contributed by atoms with Crippen molar-refractivity contribution in [2.75, 3.05) is 6.61 Å². The molecule has 0 aliphatic carbocycles. The van der Waals surface area contributed by atoms with Crippen molar-refractivity contribution in [2.45, 2.75) is 20.8 Å². The Morgan fingerprint density at radius 2 is 1.72 bits per heavy atom. The maximum Gasteiger partial charge on any atom is 0.266 e. The highest BCUT2D eigenvalue weighted by atomic mass is 16.5. The Morgan fingerprint density at radius 1 is 0.960 bits per heavy atom. The minimum absolute atomic E-state index is 0.432. The molecular weight excluding hydrogens is 316 g/mol. The van der Waals surface area contributed by atoms with Gasteiger partial charge in [-0.3, -0.25) is 4.40 Å². The maximum atomic E-state index is 5.99. The molecule has 0 N–H and O–H groups in total. The smallest absolute Gasteiger partial charge is 0.266 e. The van der Waals surface area contributed by atoms with Gasteiger partial charge >= 0.3 is 0 Å². The van der Waals surface area contributed by atoms with Crippen LogP contribution in [-0.4, -0.2) is 26.2 Å². The third kappa shape index (κ3) is 2.76. The number of aromatic nitrogens is 4. The monoisotopic (exact) mass is 334 g/mol. The molecule has 0 atom stereocenters. The molecule has 4 aromatic rings. The summed E-state index contributed by atoms with van der Waals surface area (Å²) in [7, 11) is 0. The topological polar surface area (TPSA) is 61.5 Å². The lowest BCUT2D eigenvalue weighted by Gasteiger charge is -2.10. The van der Waals surface area contributed by atoms with Crippen LogP contribution in [0.3, 0.4) is 0 Å². The molecule has 25 heavy (non-hydrogen) atoms. The largest absolute Gasteiger partial charge is 0.494 e. The summed E-state index contributed by atoms with van der Waals surface area (Å²) in [6, 6.07) is 13.5. The number of benzene rings is 2. The molecule has 2 aromatic carbocycles. The molecule has 0 radical (unpaired) electrons. The number of ether oxygens (including phenoxy) is 2. The van der Waals surface area contributed by atoms with E-state index in [1.54, 1.807) is 0 Å². The van der Waals surface area contributed by atoms with Crippen LogP contribution in [0.15, 0.2) is 42.5 Å². The van der Waals surface area contributed by atoms with Gasteiger partial charge in [0.05, 0.1) is 17.6 Å². The second-order valence-corrected chi connectivity index (χ2v) is 5.82. The van der Waals surface area contributed by atoms with E-state index in [1.165, 1.54) is 0 Å². The number of aryl methyl sites for hydroxylation is 2. The zero-order valence-electron chi connectivity index (χ0n) is 14.4. The molecule has 0 aliphatic rings. The summed E-state index contributed by atoms with van der Waals surface area (Å²) in [6.07, 6.45) is 0. The van der Waals surface area contributed by atoms with E-state index in [1.807, 2.05) is 54.6 Å². The molecule has 0 spiro atoms. The molecule has 0 unspecified atom stereocenters. The number of nitrogens with zero attached hydrogens (tertiary/aromatic N) is 4. The molecule has 0 amide bonds. The molecule has 2 heterocycles. The van der Waals surface area contributed by atoms with Gasteiger partial charge in [-0.25, -0.2) is 4.98 Å². The zero-order chi connectivity index (χ0) is 17.4. The number of hydrogen-bond acceptors (Lipinski definition) is 5. The fourth-order valence-electron chi connectivity index (χ4n) is 2.81. The van der Waals surface area contributed by atoms with Gasteiger partial charge in [0.2, 0.25) is 5.65 Å². The van der Waals surface area contributed by atoms with Gasteiger partial charge in [0.1, 0.15) is 17.3 Å². The van der Waals surface area contributed by atoms with Gasteiger partial charge in [0, 0.05) is 0 Å². The average molecular weight is 334 g/mol. The van der Waals surface area contributed by atoms with Crippen molar-refractivity contribution in [1.82, 2.24) is 19.6 Å². The molecule has 2 aromatic heterocycles. The summed E-state index contributed by atoms with van der Waals surface area (Å²) < 4.78 is 13.4. The quantitative estimate of drug-likeness (QED) is 0.562. The van der Waals surface area contributed by atoms with Crippen LogP contribution in [0, 0.1) is 13.8 Å². The van der Waals surface area contributed by atoms with Crippen molar-refractivity contribution in [3.8, 4) is 17.4 Å². The highest BCUT2D eigenvalue weighted by Crippen LogP contribution is 2.28. The molecule has 6 heteroatoms. The van der Waals surface area contributed by atoms with Crippen LogP contribution in [0.1, 0.15) is 18.3 Å². The van der Waals surface area contributed by atoms with Crippen LogP contribution in [0.2, 0.25) is 0 Å². The van der Waals surface area contributed by atoms with Crippen LogP contribution in [-0.2, 0) is 0 Å². The van der Waals surface area contributed by atoms with Crippen LogP contribution in [0.4, 0.5) is 0 Å². The first kappa shape index (κ1) is 15.4. The molecule has 0 saturated heterocycles. The summed E-state index contributed by atoms with van der Waals surface area (Å²) in [4.78, 5) is 4.64. The van der Waals surface area contributed by atoms with E-state index >= 15 is 0 Å². The van der Waals surface area contributed by atoms with Crippen molar-refractivity contribution >= 4 is 16.7 Å². The third-order valence-corrected chi connectivity index (χ3v) is 3.96. The van der Waals surface area contributed by atoms with Gasteiger partial charge in [-0.1, -0.05) is 6.07 Å². The maximum absolute atomic E-state index is 5.99. The highest BCUT2D eigenvalue weighted by molar-refractivity contribution is 5.80. The van der Waals surface area contributed by atoms with Crippen LogP contribution < -0.4 is 9.47 Å². The lowest BCUT2D eigenvalue weighted by Crippen LogP contribution is -1.99. The second kappa shape index (κ2) is 6.05. The van der Waals surface area contributed by atoms with Crippen molar-refractivity contribution in [3.05, 3.63) is 53.9 Å². The van der Waals surface area contributed by atoms with E-state index in [4.69, 9.17) is 9.47 Å². The van der Waals surface area contributed by atoms with E-state index in [2.05, 4.69) is 28.2 Å². The first-order valence-electron chi connectivity index (χ1n) is 8.18. The number of rotatable bonds is 4. The molecule has 0 aliphatic heterocycles. The fraction of sp³-hybridized carbons (Fsp3) is 0.211. The normalized spacial score (nSPS) is 11.2. The number of hydrogen-bond donors (Lipinski definition) is 0. The zero-order valence-corrected chi connectivity index (χ0v) is 14.4. The van der Waals surface area contributed by atoms with Crippen LogP contribution >= 0.6 is 0 Å². The van der Waals surface area contributed by atoms with Gasteiger partial charge in [0.15, 0.2) is 0 Å². The fourth-order valence-corrected chi connectivity index (χ4v) is 2.81. The summed E-state index contributed by atoms with van der Waals surface area (Å²) in [5, 5.41) is 8.43. The minimum Gasteiger partial charge on any atom is -0.494 e. The first-order chi connectivity index (χ1) is 12.2. The Morgan fingerprint density at radius 3 is 2.48 bits per heavy atom. The Balaban J connectivity index is 1.82. The van der Waals surface area contributed by atoms with Crippen molar-refractivity contribution in [2.24, 2.45) is 0 Å². The standard InChI is InChI=1S/C19H18N4O2/c1-4-24-14-6-8-15(9-7-14)25-19-18-22-21-13(3)23(18)17-11-12(2)5-10-16(17)20-19/h5-11H,4H2,1-3H3. The predicted molar refractivity (Wildman–Crippen MR) is 95.4 cm³/mol. The Kier molecular flexibility index (Phi) is 3.72. The highest BCUT2D eigenvalue weighted by Gasteiger charge is 2.15. The predicted octanol–water partition coefficient (Wildman–Crippen LogP) is 4.09. The van der Waals surface area contributed by atoms with Gasteiger partial charge in [-0.05, 0) is 62.7 Å². The molecule has 0 saturated carbocycles. The second-order valence-electron chi connectivity index (χ2n) is 5.82. The third-order valence-electron chi connectivity index (χ3n) is 3.96. The van der Waals surface area contributed by atoms with Crippen molar-refractivity contribution in [1.29, 1.82) is 0 Å². The Bertz CT molecular complexity index is 1050. The van der Waals surface area contributed by atoms with Gasteiger partial charge < -0.3 is 9.47 Å². The van der Waals surface area contributed by atoms with E-state index in [-0.39, 0.29) is 0 Å². The molecule has 0 fully saturated rings. The van der Waals surface area contributed by atoms with Crippen LogP contribution in [0.25, 0.3) is 16.7 Å². The Hall–Kier alpha value is -3.15. The average Bonchev–Trinajstić information content (AvgIpc) is 3.00. The van der Waals surface area contributed by atoms with E-state index in [9.17, 15) is 0 Å². The van der Waals surface area contributed by atoms with Crippen LogP contribution in [0.5, 0.6) is 17.4 Å². The molecule has 126 valence electrons. The number of fused-ring (bicyclic) bond motifs is 3. The summed E-state index contributed by atoms with van der Waals surface area (Å²) in [5.41, 5.74) is 3.56. The lowest BCUT2D eigenvalue weighted by molar-refractivity contribution is 0.339. The first-order valence-corrected chi connectivity index (χ1v) is 8.18. The summed E-state index contributed by atoms with van der Waals surface area (Å²) >= 11 is 0. The lowest BCUT2D eigenvalue weighted by atomic mass is 10.2. The van der Waals surface area contributed by atoms with Crippen molar-refractivity contribution in [3.63, 3.8) is 0 Å². The van der Waals surface area contributed by atoms with E-state index < -0.39 is 0 Å². The van der Waals surface area contributed by atoms with Gasteiger partial charge in [-0.2, -0.15) is 0 Å². The molecule has 0 bridgehead atoms. The van der Waals surface area contributed by atoms with Crippen molar-refractivity contribution < 1.29 is 9.47 Å². The molecule has 4 rings (SSSR count). The van der Waals surface area contributed by atoms with Gasteiger partial charge in [-0.15, -0.1) is 10.2 Å².